The van der Waals surface area contributed by atoms with E-state index in [1.54, 1.807) is 31.3 Å². The maximum Gasteiger partial charge on any atom is 0.358 e. The first kappa shape index (κ1) is 15.4. The lowest BCUT2D eigenvalue weighted by molar-refractivity contribution is -0.271. The molecule has 2 aliphatic heterocycles. The summed E-state index contributed by atoms with van der Waals surface area (Å²) in [6, 6.07) is 12.2. The van der Waals surface area contributed by atoms with Gasteiger partial charge in [-0.3, -0.25) is 0 Å². The molecule has 0 aliphatic carbocycles. The first-order valence-corrected chi connectivity index (χ1v) is 8.42. The Labute approximate surface area is 150 Å². The lowest BCUT2D eigenvalue weighted by atomic mass is 9.91. The Morgan fingerprint density at radius 1 is 1.19 bits per heavy atom. The molecular formula is C21H17NO4. The van der Waals surface area contributed by atoms with Crippen molar-refractivity contribution in [3.05, 3.63) is 64.7 Å². The van der Waals surface area contributed by atoms with E-state index in [2.05, 4.69) is 0 Å². The fraction of sp³-hybridized carbons (Fsp3) is 0.190. The molecule has 1 N–H and O–H groups in total. The summed E-state index contributed by atoms with van der Waals surface area (Å²) in [7, 11) is 3.17. The lowest BCUT2D eigenvalue weighted by Crippen LogP contribution is -2.58. The highest BCUT2D eigenvalue weighted by Crippen LogP contribution is 2.61. The number of hydrogen-bond acceptors (Lipinski definition) is 4. The summed E-state index contributed by atoms with van der Waals surface area (Å²) in [4.78, 5) is 13.5. The highest BCUT2D eigenvalue weighted by atomic mass is 16.5. The molecular weight excluding hydrogens is 330 g/mol. The molecule has 3 aromatic carbocycles. The van der Waals surface area contributed by atoms with Gasteiger partial charge >= 0.3 is 5.91 Å². The lowest BCUT2D eigenvalue weighted by Gasteiger charge is -2.36. The Hall–Kier alpha value is -2.89. The van der Waals surface area contributed by atoms with E-state index in [9.17, 15) is 15.0 Å². The minimum atomic E-state index is -1.76. The van der Waals surface area contributed by atoms with Crippen molar-refractivity contribution in [3.8, 4) is 11.5 Å². The number of carbonyl (C=O) groups is 1. The number of aryl methyl sites for hydroxylation is 1. The Morgan fingerprint density at radius 2 is 1.96 bits per heavy atom. The van der Waals surface area contributed by atoms with Gasteiger partial charge < -0.3 is 14.9 Å². The van der Waals surface area contributed by atoms with Gasteiger partial charge in [-0.1, -0.05) is 30.0 Å². The molecule has 26 heavy (non-hydrogen) atoms. The number of nitrogens with zero attached hydrogens (tertiary/aromatic N) is 1. The Kier molecular flexibility index (Phi) is 2.62. The van der Waals surface area contributed by atoms with Crippen molar-refractivity contribution >= 4 is 22.4 Å². The van der Waals surface area contributed by atoms with Crippen LogP contribution < -0.4 is 14.3 Å². The van der Waals surface area contributed by atoms with Gasteiger partial charge in [0, 0.05) is 6.07 Å². The molecule has 0 spiro atoms. The van der Waals surface area contributed by atoms with E-state index >= 15 is 0 Å². The predicted molar refractivity (Wildman–Crippen MR) is 96.2 cm³/mol. The highest BCUT2D eigenvalue weighted by molar-refractivity contribution is 6.17. The van der Waals surface area contributed by atoms with Gasteiger partial charge in [0.15, 0.2) is 5.69 Å². The zero-order chi connectivity index (χ0) is 18.4. The van der Waals surface area contributed by atoms with E-state index in [-0.39, 0.29) is 17.2 Å². The second-order valence-corrected chi connectivity index (χ2v) is 7.19. The third-order valence-electron chi connectivity index (χ3n) is 5.92. The summed E-state index contributed by atoms with van der Waals surface area (Å²) in [5.41, 5.74) is 0.891. The fourth-order valence-electron chi connectivity index (χ4n) is 4.74. The van der Waals surface area contributed by atoms with Crippen molar-refractivity contribution in [2.24, 2.45) is 0 Å². The van der Waals surface area contributed by atoms with Crippen LogP contribution in [0.4, 0.5) is 5.69 Å². The second kappa shape index (κ2) is 4.44. The van der Waals surface area contributed by atoms with Crippen LogP contribution in [0.15, 0.2) is 42.5 Å². The molecule has 0 bridgehead atoms. The molecule has 0 saturated heterocycles. The van der Waals surface area contributed by atoms with E-state index in [0.717, 1.165) is 10.9 Å². The molecule has 1 amide bonds. The van der Waals surface area contributed by atoms with Crippen LogP contribution in [0.3, 0.4) is 0 Å². The molecule has 2 heterocycles. The van der Waals surface area contributed by atoms with E-state index in [0.29, 0.717) is 28.0 Å². The summed E-state index contributed by atoms with van der Waals surface area (Å²) < 4.78 is 4.98. The molecule has 3 aromatic rings. The van der Waals surface area contributed by atoms with Crippen molar-refractivity contribution in [2.75, 3.05) is 14.2 Å². The zero-order valence-electron chi connectivity index (χ0n) is 14.7. The maximum atomic E-state index is 13.5. The first-order valence-electron chi connectivity index (χ1n) is 8.42. The van der Waals surface area contributed by atoms with E-state index in [4.69, 9.17) is 4.74 Å². The van der Waals surface area contributed by atoms with Crippen LogP contribution in [0.25, 0.3) is 10.8 Å². The Balaban J connectivity index is 2.03. The van der Waals surface area contributed by atoms with Crippen molar-refractivity contribution in [1.82, 2.24) is 4.48 Å². The quantitative estimate of drug-likeness (QED) is 0.687. The number of quaternary nitrogens is 1. The number of carbonyl (C=O) groups excluding carboxylic acids is 1. The molecule has 0 radical (unpaired) electrons. The van der Waals surface area contributed by atoms with Crippen LogP contribution in [-0.4, -0.2) is 25.2 Å². The van der Waals surface area contributed by atoms with Crippen LogP contribution in [0, 0.1) is 6.92 Å². The Bertz CT molecular complexity index is 1150. The van der Waals surface area contributed by atoms with Gasteiger partial charge in [0.25, 0.3) is 5.72 Å². The number of fused-ring (bicyclic) bond motifs is 5. The molecule has 0 saturated carbocycles. The van der Waals surface area contributed by atoms with Crippen LogP contribution in [0.5, 0.6) is 11.5 Å². The first-order chi connectivity index (χ1) is 12.4. The van der Waals surface area contributed by atoms with Gasteiger partial charge in [0.05, 0.1) is 30.7 Å². The molecule has 2 unspecified atom stereocenters. The summed E-state index contributed by atoms with van der Waals surface area (Å²) >= 11 is 0. The van der Waals surface area contributed by atoms with Crippen molar-refractivity contribution < 1.29 is 19.7 Å². The molecule has 5 rings (SSSR count). The SMILES string of the molecule is COc1cccc2c1C(=O)[N+]1(C)c3cc(C)cc4ccc([O-])c(c34)C21O. The molecule has 0 fully saturated rings. The van der Waals surface area contributed by atoms with Crippen LogP contribution >= 0.6 is 0 Å². The normalized spacial score (nSPS) is 25.5. The molecule has 2 aliphatic rings. The van der Waals surface area contributed by atoms with Crippen molar-refractivity contribution in [1.29, 1.82) is 0 Å². The summed E-state index contributed by atoms with van der Waals surface area (Å²) in [5.74, 6) is -0.138. The number of hydrogen-bond donors (Lipinski definition) is 1. The summed E-state index contributed by atoms with van der Waals surface area (Å²) in [6.07, 6.45) is 0. The molecule has 2 atom stereocenters. The van der Waals surface area contributed by atoms with Crippen LogP contribution in [-0.2, 0) is 5.72 Å². The number of ether oxygens (including phenoxy) is 1. The number of rotatable bonds is 1. The van der Waals surface area contributed by atoms with Gasteiger partial charge in [0.1, 0.15) is 11.3 Å². The zero-order valence-corrected chi connectivity index (χ0v) is 14.7. The number of aliphatic hydroxyl groups is 1. The van der Waals surface area contributed by atoms with Crippen LogP contribution in [0.2, 0.25) is 0 Å². The number of amides is 1. The van der Waals surface area contributed by atoms with Crippen molar-refractivity contribution in [3.63, 3.8) is 0 Å². The van der Waals surface area contributed by atoms with E-state index in [1.165, 1.54) is 13.2 Å². The Morgan fingerprint density at radius 3 is 2.69 bits per heavy atom. The largest absolute Gasteiger partial charge is 0.872 e. The third-order valence-corrected chi connectivity index (χ3v) is 5.92. The van der Waals surface area contributed by atoms with Gasteiger partial charge in [-0.15, -0.1) is 0 Å². The monoisotopic (exact) mass is 347 g/mol. The summed E-state index contributed by atoms with van der Waals surface area (Å²) in [5, 5.41) is 26.3. The van der Waals surface area contributed by atoms with Gasteiger partial charge in [-0.05, 0) is 30.0 Å². The number of benzene rings is 3. The third kappa shape index (κ3) is 1.36. The maximum absolute atomic E-state index is 13.5. The fourth-order valence-corrected chi connectivity index (χ4v) is 4.74. The minimum Gasteiger partial charge on any atom is -0.872 e. The molecule has 5 nitrogen and oxygen atoms in total. The minimum absolute atomic E-state index is 0.268. The standard InChI is InChI=1S/C21H17NO4/c1-11-9-12-7-8-15(23)19-17(12)14(10-11)22(2)20(24)18-13(21(19,22)25)5-4-6-16(18)26-3/h4-10,25H,1-3H3. The average Bonchev–Trinajstić information content (AvgIpc) is 2.94. The molecule has 5 heteroatoms. The topological polar surface area (TPSA) is 69.6 Å². The predicted octanol–water partition coefficient (Wildman–Crippen LogP) is 2.53. The second-order valence-electron chi connectivity index (χ2n) is 7.19. The van der Waals surface area contributed by atoms with Gasteiger partial charge in [-0.2, -0.15) is 4.48 Å². The van der Waals surface area contributed by atoms with Gasteiger partial charge in [-0.25, -0.2) is 4.79 Å². The highest BCUT2D eigenvalue weighted by Gasteiger charge is 2.69. The average molecular weight is 347 g/mol. The smallest absolute Gasteiger partial charge is 0.358 e. The van der Waals surface area contributed by atoms with Crippen molar-refractivity contribution in [2.45, 2.75) is 12.6 Å². The molecule has 130 valence electrons. The van der Waals surface area contributed by atoms with E-state index < -0.39 is 10.2 Å². The molecule has 0 aromatic heterocycles. The van der Waals surface area contributed by atoms with E-state index in [1.807, 2.05) is 19.1 Å². The van der Waals surface area contributed by atoms with Crippen LogP contribution in [0.1, 0.15) is 27.0 Å². The van der Waals surface area contributed by atoms with Gasteiger partial charge in [0.2, 0.25) is 0 Å². The summed E-state index contributed by atoms with van der Waals surface area (Å²) in [6.45, 7) is 1.94. The number of methoxy groups -OCH3 is 1.